The summed E-state index contributed by atoms with van der Waals surface area (Å²) in [6.45, 7) is 17.8. The maximum atomic E-state index is 8.06. The van der Waals surface area contributed by atoms with Crippen molar-refractivity contribution in [2.24, 2.45) is 0 Å². The van der Waals surface area contributed by atoms with Crippen LogP contribution < -0.4 is 0 Å². The van der Waals surface area contributed by atoms with Crippen molar-refractivity contribution in [3.8, 4) is 0 Å². The zero-order valence-electron chi connectivity index (χ0n) is 13.1. The fourth-order valence-electron chi connectivity index (χ4n) is 3.52. The van der Waals surface area contributed by atoms with Crippen LogP contribution in [0.2, 0.25) is 15.6 Å². The molecule has 92 valence electrons. The molecule has 0 amide bonds. The van der Waals surface area contributed by atoms with Crippen LogP contribution in [0.3, 0.4) is 0 Å². The van der Waals surface area contributed by atoms with Crippen LogP contribution in [0.25, 0.3) is 0 Å². The molecule has 15 heavy (non-hydrogen) atoms. The lowest BCUT2D eigenvalue weighted by Gasteiger charge is -2.53. The smallest absolute Gasteiger partial charge is 0.205 e. The standard InChI is InChI=1S/C13H30OSi/c1-10-11(2)15(14-9,12(3,4)5)13(6,7)8/h11H,10H2,1-9H3/t11-/m1/s1/i10D/t10-,11+/m0. The Labute approximate surface area is 99.1 Å². The number of hydrogen-bond acceptors (Lipinski definition) is 1. The second kappa shape index (κ2) is 4.58. The van der Waals surface area contributed by atoms with Gasteiger partial charge in [-0.2, -0.15) is 0 Å². The summed E-state index contributed by atoms with van der Waals surface area (Å²) in [5, 5.41) is 0.295. The molecule has 0 radical (unpaired) electrons. The van der Waals surface area contributed by atoms with Crippen molar-refractivity contribution < 1.29 is 5.80 Å². The first-order valence-corrected chi connectivity index (χ1v) is 7.87. The Bertz CT molecular complexity index is 211. The van der Waals surface area contributed by atoms with Gasteiger partial charge in [0, 0.05) is 8.48 Å². The van der Waals surface area contributed by atoms with Gasteiger partial charge in [-0.05, 0) is 15.6 Å². The minimum Gasteiger partial charge on any atom is -0.419 e. The third-order valence-corrected chi connectivity index (χ3v) is 10.4. The summed E-state index contributed by atoms with van der Waals surface area (Å²) < 4.78 is 14.2. The fraction of sp³-hybridized carbons (Fsp3) is 1.00. The lowest BCUT2D eigenvalue weighted by Crippen LogP contribution is -2.56. The van der Waals surface area contributed by atoms with Crippen molar-refractivity contribution in [2.45, 2.75) is 77.4 Å². The maximum Gasteiger partial charge on any atom is 0.205 e. The van der Waals surface area contributed by atoms with Gasteiger partial charge in [-0.1, -0.05) is 61.8 Å². The van der Waals surface area contributed by atoms with Gasteiger partial charge in [-0.3, -0.25) is 0 Å². The van der Waals surface area contributed by atoms with Gasteiger partial charge >= 0.3 is 0 Å². The topological polar surface area (TPSA) is 9.23 Å². The van der Waals surface area contributed by atoms with E-state index in [-0.39, 0.29) is 16.5 Å². The largest absolute Gasteiger partial charge is 0.419 e. The lowest BCUT2D eigenvalue weighted by atomic mass is 10.2. The van der Waals surface area contributed by atoms with E-state index in [1.54, 1.807) is 0 Å². The fourth-order valence-corrected chi connectivity index (χ4v) is 10.6. The molecule has 0 N–H and O–H groups in total. The average Bonchev–Trinajstić information content (AvgIpc) is 2.00. The lowest BCUT2D eigenvalue weighted by molar-refractivity contribution is 0.311. The van der Waals surface area contributed by atoms with Crippen LogP contribution in [0.5, 0.6) is 0 Å². The van der Waals surface area contributed by atoms with Gasteiger partial charge in [0.2, 0.25) is 8.32 Å². The van der Waals surface area contributed by atoms with Gasteiger partial charge in [0.1, 0.15) is 0 Å². The molecule has 0 fully saturated rings. The summed E-state index contributed by atoms with van der Waals surface area (Å²) in [7, 11) is -0.178. The summed E-state index contributed by atoms with van der Waals surface area (Å²) >= 11 is 0. The van der Waals surface area contributed by atoms with Crippen LogP contribution in [0.4, 0.5) is 0 Å². The Balaban J connectivity index is 5.68. The molecule has 0 aromatic carbocycles. The molecule has 0 aromatic heterocycles. The zero-order valence-corrected chi connectivity index (χ0v) is 13.1. The summed E-state index contributed by atoms with van der Waals surface area (Å²) in [4.78, 5) is 0. The summed E-state index contributed by atoms with van der Waals surface area (Å²) in [5.41, 5.74) is 0.331. The Morgan fingerprint density at radius 2 is 1.47 bits per heavy atom. The van der Waals surface area contributed by atoms with E-state index in [1.807, 2.05) is 14.0 Å². The predicted molar refractivity (Wildman–Crippen MR) is 71.9 cm³/mol. The van der Waals surface area contributed by atoms with E-state index in [0.717, 1.165) is 0 Å². The SMILES string of the molecule is [2H][C@@H](C)[C@@H](C)[Si](OC)(C(C)(C)C)C(C)(C)C. The van der Waals surface area contributed by atoms with Gasteiger partial charge < -0.3 is 4.43 Å². The minimum atomic E-state index is -2.03. The molecule has 2 heteroatoms. The summed E-state index contributed by atoms with van der Waals surface area (Å²) in [5.74, 6) is 0. The Kier molecular flexibility index (Phi) is 4.05. The molecule has 0 bridgehead atoms. The van der Waals surface area contributed by atoms with Crippen LogP contribution in [0.1, 0.15) is 63.2 Å². The Morgan fingerprint density at radius 1 is 1.13 bits per heavy atom. The first kappa shape index (κ1) is 13.2. The highest BCUT2D eigenvalue weighted by molar-refractivity contribution is 6.80. The van der Waals surface area contributed by atoms with E-state index in [0.29, 0.717) is 5.54 Å². The van der Waals surface area contributed by atoms with Gasteiger partial charge in [-0.25, -0.2) is 0 Å². The quantitative estimate of drug-likeness (QED) is 0.623. The molecule has 0 rings (SSSR count). The van der Waals surface area contributed by atoms with Crippen molar-refractivity contribution in [1.29, 1.82) is 0 Å². The molecule has 0 unspecified atom stereocenters. The second-order valence-corrected chi connectivity index (χ2v) is 12.4. The molecule has 0 aliphatic carbocycles. The molecule has 0 aliphatic rings. The highest BCUT2D eigenvalue weighted by Gasteiger charge is 2.57. The van der Waals surface area contributed by atoms with E-state index in [4.69, 9.17) is 5.80 Å². The van der Waals surface area contributed by atoms with Gasteiger partial charge in [0.25, 0.3) is 0 Å². The first-order chi connectivity index (χ1) is 6.91. The molecule has 0 saturated carbocycles. The number of rotatable bonds is 3. The normalized spacial score (nSPS) is 19.7. The van der Waals surface area contributed by atoms with Crippen molar-refractivity contribution in [1.82, 2.24) is 0 Å². The van der Waals surface area contributed by atoms with Crippen LogP contribution >= 0.6 is 0 Å². The van der Waals surface area contributed by atoms with Gasteiger partial charge in [-0.15, -0.1) is 0 Å². The Hall–Kier alpha value is 0.177. The molecule has 0 spiro atoms. The van der Waals surface area contributed by atoms with Crippen LogP contribution in [0, 0.1) is 0 Å². The average molecular weight is 231 g/mol. The molecule has 0 saturated heterocycles. The molecule has 1 nitrogen and oxygen atoms in total. The number of hydrogen-bond donors (Lipinski definition) is 0. The zero-order chi connectivity index (χ0) is 13.4. The molecule has 0 heterocycles. The summed E-state index contributed by atoms with van der Waals surface area (Å²) in [6, 6.07) is 0. The van der Waals surface area contributed by atoms with Crippen molar-refractivity contribution >= 4 is 8.32 Å². The molecular formula is C13H30OSi. The molecule has 0 aromatic rings. The monoisotopic (exact) mass is 231 g/mol. The van der Waals surface area contributed by atoms with E-state index in [9.17, 15) is 0 Å². The van der Waals surface area contributed by atoms with Crippen molar-refractivity contribution in [3.63, 3.8) is 0 Å². The third-order valence-electron chi connectivity index (χ3n) is 3.69. The Morgan fingerprint density at radius 3 is 1.53 bits per heavy atom. The van der Waals surface area contributed by atoms with Crippen molar-refractivity contribution in [3.05, 3.63) is 0 Å². The summed E-state index contributed by atoms with van der Waals surface area (Å²) in [6.07, 6.45) is -0.0648. The molecule has 0 aliphatic heterocycles. The predicted octanol–water partition coefficient (Wildman–Crippen LogP) is 4.98. The highest BCUT2D eigenvalue weighted by Crippen LogP contribution is 2.57. The molecular weight excluding hydrogens is 200 g/mol. The van der Waals surface area contributed by atoms with E-state index >= 15 is 0 Å². The van der Waals surface area contributed by atoms with Crippen molar-refractivity contribution in [2.75, 3.05) is 7.11 Å². The van der Waals surface area contributed by atoms with Crippen LogP contribution in [-0.2, 0) is 4.43 Å². The van der Waals surface area contributed by atoms with Gasteiger partial charge in [0.05, 0.1) is 0 Å². The second-order valence-electron chi connectivity index (χ2n) is 6.56. The van der Waals surface area contributed by atoms with E-state index in [2.05, 4.69) is 48.5 Å². The van der Waals surface area contributed by atoms with E-state index in [1.165, 1.54) is 0 Å². The third kappa shape index (κ3) is 2.47. The van der Waals surface area contributed by atoms with Crippen LogP contribution in [-0.4, -0.2) is 15.4 Å². The minimum absolute atomic E-state index is 0.0648. The van der Waals surface area contributed by atoms with Crippen LogP contribution in [0.15, 0.2) is 0 Å². The van der Waals surface area contributed by atoms with E-state index < -0.39 is 8.32 Å². The highest BCUT2D eigenvalue weighted by atomic mass is 28.4. The first-order valence-electron chi connectivity index (χ1n) is 6.47. The maximum absolute atomic E-state index is 8.06. The van der Waals surface area contributed by atoms with Gasteiger partial charge in [0.15, 0.2) is 0 Å². The molecule has 2 atom stereocenters.